The number of hydrogen-bond donors (Lipinski definition) is 2. The Morgan fingerprint density at radius 3 is 2.82 bits per heavy atom. The van der Waals surface area contributed by atoms with Gasteiger partial charge in [-0.05, 0) is 47.4 Å². The number of rotatable bonds is 4. The van der Waals surface area contributed by atoms with Crippen molar-refractivity contribution in [3.63, 3.8) is 0 Å². The summed E-state index contributed by atoms with van der Waals surface area (Å²) in [6, 6.07) is 7.08. The van der Waals surface area contributed by atoms with E-state index in [2.05, 4.69) is 26.0 Å². The fraction of sp³-hybridized carbons (Fsp3) is 0.455. The summed E-state index contributed by atoms with van der Waals surface area (Å²) in [5.74, 6) is 0. The highest BCUT2D eigenvalue weighted by Gasteiger charge is 2.20. The van der Waals surface area contributed by atoms with Gasteiger partial charge in [-0.15, -0.1) is 0 Å². The highest BCUT2D eigenvalue weighted by atomic mass is 79.9. The summed E-state index contributed by atoms with van der Waals surface area (Å²) in [5.41, 5.74) is 0. The molecule has 1 aromatic rings. The van der Waals surface area contributed by atoms with Gasteiger partial charge in [0, 0.05) is 17.1 Å². The normalized spacial score (nSPS) is 20.6. The van der Waals surface area contributed by atoms with Gasteiger partial charge < -0.3 is 5.32 Å². The standard InChI is InChI=1S/C11H15BrN2O2S/c12-10-5-1-2-6-11(10)17(15,16)14-8-9-4-3-7-13-9/h1-2,5-6,9,13-14H,3-4,7-8H2/t9-/m0/s1. The Morgan fingerprint density at radius 2 is 2.18 bits per heavy atom. The molecule has 0 aliphatic carbocycles. The van der Waals surface area contributed by atoms with Gasteiger partial charge in [0.05, 0.1) is 4.90 Å². The van der Waals surface area contributed by atoms with E-state index in [1.54, 1.807) is 24.3 Å². The molecule has 4 nitrogen and oxygen atoms in total. The van der Waals surface area contributed by atoms with Crippen LogP contribution in [0.2, 0.25) is 0 Å². The lowest BCUT2D eigenvalue weighted by Crippen LogP contribution is -2.37. The summed E-state index contributed by atoms with van der Waals surface area (Å²) in [7, 11) is -3.42. The smallest absolute Gasteiger partial charge is 0.241 e. The zero-order chi connectivity index (χ0) is 12.3. The largest absolute Gasteiger partial charge is 0.313 e. The van der Waals surface area contributed by atoms with Gasteiger partial charge >= 0.3 is 0 Å². The molecule has 1 atom stereocenters. The van der Waals surface area contributed by atoms with E-state index in [0.29, 0.717) is 11.0 Å². The monoisotopic (exact) mass is 318 g/mol. The van der Waals surface area contributed by atoms with Crippen LogP contribution in [0.3, 0.4) is 0 Å². The van der Waals surface area contributed by atoms with Crippen LogP contribution in [0.25, 0.3) is 0 Å². The topological polar surface area (TPSA) is 58.2 Å². The number of halogens is 1. The predicted molar refractivity (Wildman–Crippen MR) is 70.4 cm³/mol. The molecule has 94 valence electrons. The van der Waals surface area contributed by atoms with Gasteiger partial charge in [-0.3, -0.25) is 0 Å². The minimum absolute atomic E-state index is 0.257. The Kier molecular flexibility index (Phi) is 4.19. The maximum Gasteiger partial charge on any atom is 0.241 e. The van der Waals surface area contributed by atoms with Crippen LogP contribution in [0.5, 0.6) is 0 Å². The van der Waals surface area contributed by atoms with Crippen LogP contribution in [0.15, 0.2) is 33.6 Å². The molecule has 1 aliphatic rings. The van der Waals surface area contributed by atoms with Crippen LogP contribution in [0.4, 0.5) is 0 Å². The van der Waals surface area contributed by atoms with Gasteiger partial charge in [0.25, 0.3) is 0 Å². The lowest BCUT2D eigenvalue weighted by Gasteiger charge is -2.12. The van der Waals surface area contributed by atoms with Crippen LogP contribution in [-0.2, 0) is 10.0 Å². The third-order valence-electron chi connectivity index (χ3n) is 2.81. The first kappa shape index (κ1) is 13.0. The molecule has 0 spiro atoms. The summed E-state index contributed by atoms with van der Waals surface area (Å²) in [6.07, 6.45) is 2.14. The second-order valence-electron chi connectivity index (χ2n) is 4.08. The van der Waals surface area contributed by atoms with Crippen LogP contribution >= 0.6 is 15.9 Å². The van der Waals surface area contributed by atoms with Crippen molar-refractivity contribution in [2.24, 2.45) is 0 Å². The van der Waals surface area contributed by atoms with Crippen LogP contribution in [0.1, 0.15) is 12.8 Å². The second-order valence-corrected chi connectivity index (χ2v) is 6.67. The van der Waals surface area contributed by atoms with E-state index < -0.39 is 10.0 Å². The van der Waals surface area contributed by atoms with Crippen LogP contribution < -0.4 is 10.0 Å². The van der Waals surface area contributed by atoms with E-state index in [9.17, 15) is 8.42 Å². The SMILES string of the molecule is O=S(=O)(NC[C@@H]1CCCN1)c1ccccc1Br. The zero-order valence-corrected chi connectivity index (χ0v) is 11.7. The minimum atomic E-state index is -3.42. The molecular weight excluding hydrogens is 304 g/mol. The van der Waals surface area contributed by atoms with Crippen molar-refractivity contribution in [1.29, 1.82) is 0 Å². The molecule has 1 aliphatic heterocycles. The predicted octanol–water partition coefficient (Wildman–Crippen LogP) is 1.48. The fourth-order valence-corrected chi connectivity index (χ4v) is 3.96. The van der Waals surface area contributed by atoms with Crippen molar-refractivity contribution in [2.45, 2.75) is 23.8 Å². The molecule has 2 rings (SSSR count). The number of benzene rings is 1. The van der Waals surface area contributed by atoms with Gasteiger partial charge in [0.15, 0.2) is 0 Å². The molecule has 1 heterocycles. The third-order valence-corrected chi connectivity index (χ3v) is 5.24. The number of nitrogens with one attached hydrogen (secondary N) is 2. The third kappa shape index (κ3) is 3.28. The Bertz CT molecular complexity index is 484. The first-order valence-electron chi connectivity index (χ1n) is 5.57. The van der Waals surface area contributed by atoms with E-state index in [1.807, 2.05) is 0 Å². The van der Waals surface area contributed by atoms with Gasteiger partial charge in [-0.25, -0.2) is 13.1 Å². The highest BCUT2D eigenvalue weighted by molar-refractivity contribution is 9.10. The molecule has 0 saturated carbocycles. The highest BCUT2D eigenvalue weighted by Crippen LogP contribution is 2.20. The number of hydrogen-bond acceptors (Lipinski definition) is 3. The molecule has 6 heteroatoms. The van der Waals surface area contributed by atoms with Gasteiger partial charge in [0.2, 0.25) is 10.0 Å². The van der Waals surface area contributed by atoms with Crippen molar-refractivity contribution in [3.8, 4) is 0 Å². The maximum absolute atomic E-state index is 12.0. The van der Waals surface area contributed by atoms with E-state index in [4.69, 9.17) is 0 Å². The molecule has 0 unspecified atom stereocenters. The summed E-state index contributed by atoms with van der Waals surface area (Å²) >= 11 is 3.25. The van der Waals surface area contributed by atoms with E-state index in [0.717, 1.165) is 19.4 Å². The average Bonchev–Trinajstić information content (AvgIpc) is 2.80. The molecule has 0 amide bonds. The van der Waals surface area contributed by atoms with Crippen molar-refractivity contribution in [3.05, 3.63) is 28.7 Å². The molecule has 0 radical (unpaired) electrons. The van der Waals surface area contributed by atoms with E-state index >= 15 is 0 Å². The van der Waals surface area contributed by atoms with Gasteiger partial charge in [0.1, 0.15) is 0 Å². The van der Waals surface area contributed by atoms with Gasteiger partial charge in [-0.1, -0.05) is 12.1 Å². The Labute approximate surface area is 110 Å². The molecule has 0 bridgehead atoms. The van der Waals surface area contributed by atoms with Crippen molar-refractivity contribution >= 4 is 26.0 Å². The lowest BCUT2D eigenvalue weighted by molar-refractivity contribution is 0.551. The minimum Gasteiger partial charge on any atom is -0.313 e. The first-order valence-corrected chi connectivity index (χ1v) is 7.85. The molecule has 2 N–H and O–H groups in total. The molecule has 1 aromatic carbocycles. The van der Waals surface area contributed by atoms with E-state index in [-0.39, 0.29) is 10.9 Å². The Balaban J connectivity index is 2.06. The summed E-state index contributed by atoms with van der Waals surface area (Å²) in [6.45, 7) is 1.42. The second kappa shape index (κ2) is 5.48. The van der Waals surface area contributed by atoms with E-state index in [1.165, 1.54) is 0 Å². The molecule has 1 saturated heterocycles. The van der Waals surface area contributed by atoms with Crippen molar-refractivity contribution in [2.75, 3.05) is 13.1 Å². The number of sulfonamides is 1. The van der Waals surface area contributed by atoms with Gasteiger partial charge in [-0.2, -0.15) is 0 Å². The van der Waals surface area contributed by atoms with Crippen LogP contribution in [-0.4, -0.2) is 27.5 Å². The quantitative estimate of drug-likeness (QED) is 0.884. The summed E-state index contributed by atoms with van der Waals surface area (Å²) < 4.78 is 27.3. The Hall–Kier alpha value is -0.430. The van der Waals surface area contributed by atoms with Crippen molar-refractivity contribution in [1.82, 2.24) is 10.0 Å². The van der Waals surface area contributed by atoms with Crippen LogP contribution in [0, 0.1) is 0 Å². The zero-order valence-electron chi connectivity index (χ0n) is 9.32. The fourth-order valence-electron chi connectivity index (χ4n) is 1.88. The Morgan fingerprint density at radius 1 is 1.41 bits per heavy atom. The van der Waals surface area contributed by atoms with Crippen molar-refractivity contribution < 1.29 is 8.42 Å². The molecule has 0 aromatic heterocycles. The molecule has 1 fully saturated rings. The maximum atomic E-state index is 12.0. The first-order chi connectivity index (χ1) is 8.09. The average molecular weight is 319 g/mol. The lowest BCUT2D eigenvalue weighted by atomic mass is 10.2. The summed E-state index contributed by atoms with van der Waals surface area (Å²) in [4.78, 5) is 0.290. The summed E-state index contributed by atoms with van der Waals surface area (Å²) in [5, 5.41) is 3.26. The molecular formula is C11H15BrN2O2S. The molecule has 17 heavy (non-hydrogen) atoms.